The largest absolute Gasteiger partial charge is 0.454 e. The van der Waals surface area contributed by atoms with Gasteiger partial charge in [-0.3, -0.25) is 4.79 Å². The molecule has 0 saturated heterocycles. The van der Waals surface area contributed by atoms with Gasteiger partial charge in [0.05, 0.1) is 0 Å². The number of benzene rings is 1. The van der Waals surface area contributed by atoms with E-state index in [1.54, 1.807) is 0 Å². The summed E-state index contributed by atoms with van der Waals surface area (Å²) in [6.45, 7) is 2.40. The topological polar surface area (TPSA) is 38.8 Å². The fourth-order valence-electron chi connectivity index (χ4n) is 2.71. The van der Waals surface area contributed by atoms with E-state index in [2.05, 4.69) is 6.92 Å². The minimum Gasteiger partial charge on any atom is -0.454 e. The van der Waals surface area contributed by atoms with E-state index in [1.807, 2.05) is 30.1 Å². The van der Waals surface area contributed by atoms with Gasteiger partial charge in [-0.15, -0.1) is 0 Å². The number of carbonyl (C=O) groups excluding carboxylic acids is 1. The first-order valence-electron chi connectivity index (χ1n) is 7.30. The Morgan fingerprint density at radius 1 is 1.35 bits per heavy atom. The van der Waals surface area contributed by atoms with Crippen molar-refractivity contribution in [3.63, 3.8) is 0 Å². The SMILES string of the molecule is CC(Cc1ccc2c(c1)OCO2)N(C)C(=O)C1CCC1. The van der Waals surface area contributed by atoms with E-state index in [1.165, 1.54) is 12.0 Å². The van der Waals surface area contributed by atoms with Crippen molar-refractivity contribution in [3.8, 4) is 11.5 Å². The Balaban J connectivity index is 1.63. The zero-order chi connectivity index (χ0) is 14.1. The number of likely N-dealkylation sites (N-methyl/N-ethyl adjacent to an activating group) is 1. The minimum absolute atomic E-state index is 0.198. The van der Waals surface area contributed by atoms with E-state index in [-0.39, 0.29) is 12.0 Å². The molecule has 20 heavy (non-hydrogen) atoms. The van der Waals surface area contributed by atoms with Crippen LogP contribution in [-0.4, -0.2) is 30.7 Å². The molecule has 1 fully saturated rings. The zero-order valence-corrected chi connectivity index (χ0v) is 12.1. The molecule has 3 rings (SSSR count). The highest BCUT2D eigenvalue weighted by Gasteiger charge is 2.29. The van der Waals surface area contributed by atoms with Crippen LogP contribution in [0.15, 0.2) is 18.2 Å². The summed E-state index contributed by atoms with van der Waals surface area (Å²) in [4.78, 5) is 14.1. The van der Waals surface area contributed by atoms with E-state index in [0.29, 0.717) is 12.7 Å². The molecule has 2 aliphatic rings. The fourth-order valence-corrected chi connectivity index (χ4v) is 2.71. The minimum atomic E-state index is 0.198. The van der Waals surface area contributed by atoms with Gasteiger partial charge in [0.1, 0.15) is 0 Å². The number of nitrogens with zero attached hydrogens (tertiary/aromatic N) is 1. The van der Waals surface area contributed by atoms with E-state index in [9.17, 15) is 4.79 Å². The summed E-state index contributed by atoms with van der Waals surface area (Å²) in [5.74, 6) is 2.17. The number of amides is 1. The molecule has 0 radical (unpaired) electrons. The van der Waals surface area contributed by atoms with Crippen LogP contribution in [-0.2, 0) is 11.2 Å². The third-order valence-corrected chi connectivity index (χ3v) is 4.43. The normalized spacial score (nSPS) is 18.5. The first-order chi connectivity index (χ1) is 9.65. The maximum absolute atomic E-state index is 12.2. The predicted molar refractivity (Wildman–Crippen MR) is 75.8 cm³/mol. The molecule has 1 aromatic carbocycles. The molecular formula is C16H21NO3. The van der Waals surface area contributed by atoms with Crippen molar-refractivity contribution in [3.05, 3.63) is 23.8 Å². The van der Waals surface area contributed by atoms with Crippen LogP contribution >= 0.6 is 0 Å². The van der Waals surface area contributed by atoms with E-state index in [4.69, 9.17) is 9.47 Å². The standard InChI is InChI=1S/C16H21NO3/c1-11(17(2)16(18)13-4-3-5-13)8-12-6-7-14-15(9-12)20-10-19-14/h6-7,9,11,13H,3-5,8,10H2,1-2H3. The molecule has 0 spiro atoms. The van der Waals surface area contributed by atoms with Gasteiger partial charge in [-0.25, -0.2) is 0 Å². The fraction of sp³-hybridized carbons (Fsp3) is 0.562. The molecule has 1 amide bonds. The molecule has 1 saturated carbocycles. The van der Waals surface area contributed by atoms with Gasteiger partial charge in [0.15, 0.2) is 11.5 Å². The van der Waals surface area contributed by atoms with Gasteiger partial charge >= 0.3 is 0 Å². The number of rotatable bonds is 4. The van der Waals surface area contributed by atoms with E-state index in [0.717, 1.165) is 30.8 Å². The molecule has 1 aromatic rings. The van der Waals surface area contributed by atoms with Gasteiger partial charge in [0, 0.05) is 19.0 Å². The molecule has 1 atom stereocenters. The molecule has 4 heteroatoms. The Hall–Kier alpha value is -1.71. The molecule has 108 valence electrons. The van der Waals surface area contributed by atoms with Crippen molar-refractivity contribution < 1.29 is 14.3 Å². The quantitative estimate of drug-likeness (QED) is 0.848. The van der Waals surface area contributed by atoms with Crippen LogP contribution in [0.3, 0.4) is 0 Å². The summed E-state index contributed by atoms with van der Waals surface area (Å²) in [5.41, 5.74) is 1.18. The van der Waals surface area contributed by atoms with Crippen molar-refractivity contribution >= 4 is 5.91 Å². The molecule has 4 nitrogen and oxygen atoms in total. The van der Waals surface area contributed by atoms with E-state index < -0.39 is 0 Å². The van der Waals surface area contributed by atoms with Gasteiger partial charge in [-0.1, -0.05) is 12.5 Å². The predicted octanol–water partition coefficient (Wildman–Crippen LogP) is 2.60. The van der Waals surface area contributed by atoms with Crippen LogP contribution in [0.1, 0.15) is 31.7 Å². The summed E-state index contributed by atoms with van der Waals surface area (Å²) in [6, 6.07) is 6.20. The van der Waals surface area contributed by atoms with Crippen molar-refractivity contribution in [1.82, 2.24) is 4.90 Å². The first-order valence-corrected chi connectivity index (χ1v) is 7.30. The van der Waals surface area contributed by atoms with Crippen molar-refractivity contribution in [2.24, 2.45) is 5.92 Å². The molecule has 1 aliphatic heterocycles. The Kier molecular flexibility index (Phi) is 3.55. The number of hydrogen-bond acceptors (Lipinski definition) is 3. The maximum Gasteiger partial charge on any atom is 0.231 e. The summed E-state index contributed by atoms with van der Waals surface area (Å²) < 4.78 is 10.7. The smallest absolute Gasteiger partial charge is 0.231 e. The van der Waals surface area contributed by atoms with Crippen LogP contribution in [0, 0.1) is 5.92 Å². The van der Waals surface area contributed by atoms with Crippen molar-refractivity contribution in [1.29, 1.82) is 0 Å². The van der Waals surface area contributed by atoms with E-state index >= 15 is 0 Å². The average Bonchev–Trinajstić information content (AvgIpc) is 2.83. The number of ether oxygens (including phenoxy) is 2. The highest BCUT2D eigenvalue weighted by Crippen LogP contribution is 2.33. The second kappa shape index (κ2) is 5.35. The van der Waals surface area contributed by atoms with Gasteiger partial charge in [0.2, 0.25) is 12.7 Å². The van der Waals surface area contributed by atoms with Crippen LogP contribution in [0.4, 0.5) is 0 Å². The summed E-state index contributed by atoms with van der Waals surface area (Å²) in [7, 11) is 1.91. The average molecular weight is 275 g/mol. The Bertz CT molecular complexity index is 510. The number of fused-ring (bicyclic) bond motifs is 1. The third-order valence-electron chi connectivity index (χ3n) is 4.43. The summed E-state index contributed by atoms with van der Waals surface area (Å²) in [5, 5.41) is 0. The molecule has 1 unspecified atom stereocenters. The molecule has 0 bridgehead atoms. The lowest BCUT2D eigenvalue weighted by molar-refractivity contribution is -0.138. The van der Waals surface area contributed by atoms with Gasteiger partial charge < -0.3 is 14.4 Å². The summed E-state index contributed by atoms with van der Waals surface area (Å²) >= 11 is 0. The highest BCUT2D eigenvalue weighted by molar-refractivity contribution is 5.79. The molecule has 1 heterocycles. The van der Waals surface area contributed by atoms with Gasteiger partial charge in [-0.2, -0.15) is 0 Å². The molecule has 0 N–H and O–H groups in total. The molecular weight excluding hydrogens is 254 g/mol. The maximum atomic E-state index is 12.2. The molecule has 0 aromatic heterocycles. The van der Waals surface area contributed by atoms with Crippen molar-refractivity contribution in [2.45, 2.75) is 38.6 Å². The van der Waals surface area contributed by atoms with Crippen molar-refractivity contribution in [2.75, 3.05) is 13.8 Å². The first kappa shape index (κ1) is 13.3. The lowest BCUT2D eigenvalue weighted by Crippen LogP contribution is -2.42. The Morgan fingerprint density at radius 2 is 2.10 bits per heavy atom. The Labute approximate surface area is 119 Å². The summed E-state index contributed by atoms with van der Waals surface area (Å²) in [6.07, 6.45) is 4.15. The lowest BCUT2D eigenvalue weighted by atomic mass is 9.84. The third kappa shape index (κ3) is 2.47. The number of carbonyl (C=O) groups is 1. The van der Waals surface area contributed by atoms with Crippen LogP contribution in [0.25, 0.3) is 0 Å². The molecule has 1 aliphatic carbocycles. The number of hydrogen-bond donors (Lipinski definition) is 0. The highest BCUT2D eigenvalue weighted by atomic mass is 16.7. The lowest BCUT2D eigenvalue weighted by Gasteiger charge is -2.33. The van der Waals surface area contributed by atoms with Gasteiger partial charge in [0.25, 0.3) is 0 Å². The van der Waals surface area contributed by atoms with Crippen LogP contribution < -0.4 is 9.47 Å². The van der Waals surface area contributed by atoms with Gasteiger partial charge in [-0.05, 0) is 43.9 Å². The second-order valence-electron chi connectivity index (χ2n) is 5.82. The second-order valence-corrected chi connectivity index (χ2v) is 5.82. The monoisotopic (exact) mass is 275 g/mol. The Morgan fingerprint density at radius 3 is 2.80 bits per heavy atom. The van der Waals surface area contributed by atoms with Crippen LogP contribution in [0.2, 0.25) is 0 Å². The van der Waals surface area contributed by atoms with Crippen LogP contribution in [0.5, 0.6) is 11.5 Å². The zero-order valence-electron chi connectivity index (χ0n) is 12.1.